The summed E-state index contributed by atoms with van der Waals surface area (Å²) in [6, 6.07) is 3.50. The highest BCUT2D eigenvalue weighted by atomic mass is 16.5. The third kappa shape index (κ3) is 2.87. The Balaban J connectivity index is 2.91. The van der Waals surface area contributed by atoms with Crippen LogP contribution in [-0.2, 0) is 4.74 Å². The maximum atomic E-state index is 8.48. The van der Waals surface area contributed by atoms with Crippen LogP contribution in [0.2, 0.25) is 0 Å². The number of nitriles is 1. The number of hydrogen-bond donors (Lipinski definition) is 0. The molecule has 0 bridgehead atoms. The van der Waals surface area contributed by atoms with E-state index in [2.05, 4.69) is 9.98 Å². The Morgan fingerprint density at radius 1 is 1.50 bits per heavy atom. The third-order valence-electron chi connectivity index (χ3n) is 1.43. The van der Waals surface area contributed by atoms with E-state index in [9.17, 15) is 0 Å². The Morgan fingerprint density at radius 3 is 2.64 bits per heavy atom. The fourth-order valence-corrected chi connectivity index (χ4v) is 0.922. The first-order chi connectivity index (χ1) is 6.74. The van der Waals surface area contributed by atoms with Gasteiger partial charge in [-0.05, 0) is 26.0 Å². The van der Waals surface area contributed by atoms with Gasteiger partial charge in [0.15, 0.2) is 0 Å². The van der Waals surface area contributed by atoms with Crippen LogP contribution in [0, 0.1) is 11.5 Å². The average Bonchev–Trinajstić information content (AvgIpc) is 2.18. The van der Waals surface area contributed by atoms with Crippen molar-refractivity contribution in [1.82, 2.24) is 4.98 Å². The quantitative estimate of drug-likeness (QED) is 0.404. The van der Waals surface area contributed by atoms with Crippen LogP contribution in [0.25, 0.3) is 0 Å². The van der Waals surface area contributed by atoms with Crippen molar-refractivity contribution in [2.24, 2.45) is 4.99 Å². The second-order valence-corrected chi connectivity index (χ2v) is 2.92. The van der Waals surface area contributed by atoms with E-state index in [-0.39, 0.29) is 6.10 Å². The number of ether oxygens (including phenoxy) is 1. The molecule has 4 nitrogen and oxygen atoms in total. The molecule has 4 heteroatoms. The molecule has 1 heterocycles. The predicted octanol–water partition coefficient (Wildman–Crippen LogP) is 1.73. The van der Waals surface area contributed by atoms with E-state index < -0.39 is 0 Å². The van der Waals surface area contributed by atoms with Gasteiger partial charge in [0.05, 0.1) is 6.10 Å². The van der Waals surface area contributed by atoms with E-state index in [1.165, 1.54) is 0 Å². The van der Waals surface area contributed by atoms with Gasteiger partial charge in [0.1, 0.15) is 0 Å². The highest BCUT2D eigenvalue weighted by Crippen LogP contribution is 2.03. The van der Waals surface area contributed by atoms with E-state index >= 15 is 0 Å². The molecule has 0 aliphatic heterocycles. The van der Waals surface area contributed by atoms with Crippen molar-refractivity contribution in [3.05, 3.63) is 30.1 Å². The molecule has 1 rings (SSSR count). The molecule has 0 radical (unpaired) electrons. The number of pyridine rings is 1. The van der Waals surface area contributed by atoms with Crippen molar-refractivity contribution in [2.75, 3.05) is 0 Å². The molecule has 0 saturated carbocycles. The van der Waals surface area contributed by atoms with Gasteiger partial charge in [-0.25, -0.2) is 0 Å². The van der Waals surface area contributed by atoms with Gasteiger partial charge in [-0.3, -0.25) is 4.98 Å². The SMILES string of the molecule is CC(C)O/C(=N\C#N)c1ccncc1. The summed E-state index contributed by atoms with van der Waals surface area (Å²) >= 11 is 0. The summed E-state index contributed by atoms with van der Waals surface area (Å²) in [5, 5.41) is 8.48. The molecule has 0 N–H and O–H groups in total. The van der Waals surface area contributed by atoms with E-state index in [0.717, 1.165) is 5.56 Å². The molecular weight excluding hydrogens is 178 g/mol. The number of aromatic nitrogens is 1. The summed E-state index contributed by atoms with van der Waals surface area (Å²) in [6.07, 6.45) is 4.97. The van der Waals surface area contributed by atoms with Crippen LogP contribution in [-0.4, -0.2) is 17.0 Å². The van der Waals surface area contributed by atoms with Crippen LogP contribution in [0.3, 0.4) is 0 Å². The lowest BCUT2D eigenvalue weighted by molar-refractivity contribution is 0.230. The standard InChI is InChI=1S/C10H11N3O/c1-8(2)14-10(13-7-11)9-3-5-12-6-4-9/h3-6,8H,1-2H3/b13-10-. The van der Waals surface area contributed by atoms with Crippen molar-refractivity contribution in [1.29, 1.82) is 5.26 Å². The molecule has 0 saturated heterocycles. The van der Waals surface area contributed by atoms with Crippen molar-refractivity contribution in [3.8, 4) is 6.19 Å². The lowest BCUT2D eigenvalue weighted by Crippen LogP contribution is -2.12. The molecule has 0 spiro atoms. The molecular formula is C10H11N3O. The minimum Gasteiger partial charge on any atom is -0.474 e. The summed E-state index contributed by atoms with van der Waals surface area (Å²) in [4.78, 5) is 7.48. The highest BCUT2D eigenvalue weighted by molar-refractivity contribution is 5.94. The van der Waals surface area contributed by atoms with Gasteiger partial charge < -0.3 is 4.74 Å². The zero-order valence-electron chi connectivity index (χ0n) is 8.14. The van der Waals surface area contributed by atoms with E-state index in [0.29, 0.717) is 5.90 Å². The normalized spacial score (nSPS) is 11.1. The van der Waals surface area contributed by atoms with Crippen LogP contribution < -0.4 is 0 Å². The van der Waals surface area contributed by atoms with E-state index in [1.54, 1.807) is 30.7 Å². The summed E-state index contributed by atoms with van der Waals surface area (Å²) < 4.78 is 5.38. The van der Waals surface area contributed by atoms with Crippen LogP contribution in [0.5, 0.6) is 0 Å². The Hall–Kier alpha value is -1.89. The van der Waals surface area contributed by atoms with Gasteiger partial charge >= 0.3 is 0 Å². The van der Waals surface area contributed by atoms with E-state index in [1.807, 2.05) is 13.8 Å². The molecule has 0 fully saturated rings. The predicted molar refractivity (Wildman–Crippen MR) is 52.6 cm³/mol. The maximum absolute atomic E-state index is 8.48. The van der Waals surface area contributed by atoms with Crippen molar-refractivity contribution >= 4 is 5.90 Å². The lowest BCUT2D eigenvalue weighted by atomic mass is 10.2. The van der Waals surface area contributed by atoms with Gasteiger partial charge in [-0.15, -0.1) is 4.99 Å². The van der Waals surface area contributed by atoms with Gasteiger partial charge in [0.2, 0.25) is 12.1 Å². The first-order valence-corrected chi connectivity index (χ1v) is 4.28. The van der Waals surface area contributed by atoms with Crippen molar-refractivity contribution < 1.29 is 4.74 Å². The van der Waals surface area contributed by atoms with Gasteiger partial charge in [-0.1, -0.05) is 0 Å². The molecule has 14 heavy (non-hydrogen) atoms. The Kier molecular flexibility index (Phi) is 3.62. The summed E-state index contributed by atoms with van der Waals surface area (Å²) in [5.74, 6) is 0.338. The first kappa shape index (κ1) is 10.2. The largest absolute Gasteiger partial charge is 0.474 e. The zero-order valence-corrected chi connectivity index (χ0v) is 8.14. The second-order valence-electron chi connectivity index (χ2n) is 2.92. The van der Waals surface area contributed by atoms with Crippen LogP contribution in [0.1, 0.15) is 19.4 Å². The number of nitrogens with zero attached hydrogens (tertiary/aromatic N) is 3. The molecule has 0 aliphatic carbocycles. The average molecular weight is 189 g/mol. The number of aliphatic imine (C=N–C) groups is 1. The molecule has 0 atom stereocenters. The monoisotopic (exact) mass is 189 g/mol. The van der Waals surface area contributed by atoms with Crippen molar-refractivity contribution in [3.63, 3.8) is 0 Å². The molecule has 72 valence electrons. The highest BCUT2D eigenvalue weighted by Gasteiger charge is 2.06. The van der Waals surface area contributed by atoms with Crippen LogP contribution in [0.15, 0.2) is 29.5 Å². The minimum atomic E-state index is -0.00438. The number of hydrogen-bond acceptors (Lipinski definition) is 4. The number of rotatable bonds is 2. The Labute approximate surface area is 82.9 Å². The van der Waals surface area contributed by atoms with Gasteiger partial charge in [0.25, 0.3) is 0 Å². The molecule has 0 amide bonds. The van der Waals surface area contributed by atoms with Crippen LogP contribution in [0.4, 0.5) is 0 Å². The summed E-state index contributed by atoms with van der Waals surface area (Å²) in [7, 11) is 0. The Morgan fingerprint density at radius 2 is 2.14 bits per heavy atom. The van der Waals surface area contributed by atoms with Crippen LogP contribution >= 0.6 is 0 Å². The topological polar surface area (TPSA) is 58.3 Å². The fourth-order valence-electron chi connectivity index (χ4n) is 0.922. The molecule has 1 aromatic heterocycles. The first-order valence-electron chi connectivity index (χ1n) is 4.28. The third-order valence-corrected chi connectivity index (χ3v) is 1.43. The zero-order chi connectivity index (χ0) is 10.4. The molecule has 1 aromatic rings. The maximum Gasteiger partial charge on any atom is 0.232 e. The smallest absolute Gasteiger partial charge is 0.232 e. The lowest BCUT2D eigenvalue weighted by Gasteiger charge is -2.10. The molecule has 0 aromatic carbocycles. The molecule has 0 aliphatic rings. The van der Waals surface area contributed by atoms with Crippen molar-refractivity contribution in [2.45, 2.75) is 20.0 Å². The van der Waals surface area contributed by atoms with E-state index in [4.69, 9.17) is 10.00 Å². The van der Waals surface area contributed by atoms with Gasteiger partial charge in [-0.2, -0.15) is 5.26 Å². The van der Waals surface area contributed by atoms with Gasteiger partial charge in [0, 0.05) is 18.0 Å². The second kappa shape index (κ2) is 4.97. The Bertz CT molecular complexity index is 351. The summed E-state index contributed by atoms with van der Waals surface area (Å²) in [6.45, 7) is 3.77. The summed E-state index contributed by atoms with van der Waals surface area (Å²) in [5.41, 5.74) is 0.759. The fraction of sp³-hybridized carbons (Fsp3) is 0.300. The molecule has 0 unspecified atom stereocenters. The minimum absolute atomic E-state index is 0.00438.